The number of benzene rings is 1. The molecule has 0 bridgehead atoms. The third kappa shape index (κ3) is 4.09. The molecule has 0 amide bonds. The molecule has 0 unspecified atom stereocenters. The number of carbonyl (C=O) groups is 1. The van der Waals surface area contributed by atoms with Gasteiger partial charge in [-0.15, -0.1) is 0 Å². The Bertz CT molecular complexity index is 700. The summed E-state index contributed by atoms with van der Waals surface area (Å²) in [4.78, 5) is 23.7. The quantitative estimate of drug-likeness (QED) is 0.869. The first-order valence-electron chi connectivity index (χ1n) is 8.15. The Labute approximate surface area is 135 Å². The van der Waals surface area contributed by atoms with E-state index in [9.17, 15) is 9.59 Å². The zero-order valence-corrected chi connectivity index (χ0v) is 13.1. The van der Waals surface area contributed by atoms with Gasteiger partial charge in [-0.3, -0.25) is 4.79 Å². The van der Waals surface area contributed by atoms with Crippen LogP contribution in [0.15, 0.2) is 59.5 Å². The van der Waals surface area contributed by atoms with Crippen LogP contribution < -0.4 is 5.56 Å². The van der Waals surface area contributed by atoms with Crippen LogP contribution in [0.25, 0.3) is 0 Å². The predicted octanol–water partition coefficient (Wildman–Crippen LogP) is 3.63. The first-order valence-corrected chi connectivity index (χ1v) is 8.15. The van der Waals surface area contributed by atoms with Gasteiger partial charge in [0, 0.05) is 12.3 Å². The molecule has 1 aliphatic carbocycles. The van der Waals surface area contributed by atoms with Crippen molar-refractivity contribution in [2.75, 3.05) is 0 Å². The van der Waals surface area contributed by atoms with Crippen molar-refractivity contribution >= 4 is 6.09 Å². The molecular weight excluding hydrogens is 290 g/mol. The van der Waals surface area contributed by atoms with E-state index in [1.54, 1.807) is 12.1 Å². The third-order valence-electron chi connectivity index (χ3n) is 4.45. The van der Waals surface area contributed by atoms with E-state index in [4.69, 9.17) is 4.74 Å². The third-order valence-corrected chi connectivity index (χ3v) is 4.45. The molecular formula is C19H21NO3. The maximum absolute atomic E-state index is 12.0. The normalized spacial score (nSPS) is 20.9. The molecule has 1 aromatic heterocycles. The highest BCUT2D eigenvalue weighted by atomic mass is 16.6. The van der Waals surface area contributed by atoms with Gasteiger partial charge in [0.25, 0.3) is 5.56 Å². The van der Waals surface area contributed by atoms with E-state index in [1.807, 2.05) is 6.07 Å². The van der Waals surface area contributed by atoms with Crippen LogP contribution in [0.4, 0.5) is 4.79 Å². The molecule has 1 aliphatic rings. The number of rotatable bonds is 3. The van der Waals surface area contributed by atoms with E-state index < -0.39 is 6.09 Å². The Hall–Kier alpha value is -2.36. The van der Waals surface area contributed by atoms with Gasteiger partial charge < -0.3 is 4.74 Å². The SMILES string of the molecule is O=C(OC1CCC(Cc2ccccc2)CC1)n1ccccc1=O. The second-order valence-electron chi connectivity index (χ2n) is 6.13. The maximum Gasteiger partial charge on any atom is 0.421 e. The molecule has 0 atom stereocenters. The molecule has 23 heavy (non-hydrogen) atoms. The van der Waals surface area contributed by atoms with Gasteiger partial charge in [0.05, 0.1) is 0 Å². The van der Waals surface area contributed by atoms with Crippen molar-refractivity contribution < 1.29 is 9.53 Å². The zero-order valence-electron chi connectivity index (χ0n) is 13.1. The van der Waals surface area contributed by atoms with Crippen molar-refractivity contribution in [1.82, 2.24) is 4.57 Å². The fourth-order valence-corrected chi connectivity index (χ4v) is 3.18. The first kappa shape index (κ1) is 15.5. The molecule has 120 valence electrons. The van der Waals surface area contributed by atoms with E-state index in [0.717, 1.165) is 36.7 Å². The lowest BCUT2D eigenvalue weighted by molar-refractivity contribution is 0.0647. The van der Waals surface area contributed by atoms with Gasteiger partial charge in [-0.2, -0.15) is 0 Å². The van der Waals surface area contributed by atoms with Crippen LogP contribution in [-0.4, -0.2) is 16.8 Å². The summed E-state index contributed by atoms with van der Waals surface area (Å²) in [6.45, 7) is 0. The van der Waals surface area contributed by atoms with E-state index in [0.29, 0.717) is 5.92 Å². The standard InChI is InChI=1S/C19H21NO3/c21-18-8-4-5-13-20(18)19(22)23-17-11-9-16(10-12-17)14-15-6-2-1-3-7-15/h1-8,13,16-17H,9-12,14H2. The second kappa shape index (κ2) is 7.27. The summed E-state index contributed by atoms with van der Waals surface area (Å²) in [7, 11) is 0. The summed E-state index contributed by atoms with van der Waals surface area (Å²) in [5.74, 6) is 0.645. The minimum Gasteiger partial charge on any atom is -0.446 e. The van der Waals surface area contributed by atoms with Crippen LogP contribution >= 0.6 is 0 Å². The van der Waals surface area contributed by atoms with Crippen LogP contribution in [0, 0.1) is 5.92 Å². The summed E-state index contributed by atoms with van der Waals surface area (Å²) >= 11 is 0. The Balaban J connectivity index is 1.50. The van der Waals surface area contributed by atoms with Gasteiger partial charge in [-0.05, 0) is 49.7 Å². The van der Waals surface area contributed by atoms with Gasteiger partial charge >= 0.3 is 6.09 Å². The fraction of sp³-hybridized carbons (Fsp3) is 0.368. The van der Waals surface area contributed by atoms with Crippen molar-refractivity contribution in [3.63, 3.8) is 0 Å². The molecule has 4 nitrogen and oxygen atoms in total. The number of hydrogen-bond donors (Lipinski definition) is 0. The summed E-state index contributed by atoms with van der Waals surface area (Å²) in [6, 6.07) is 15.1. The van der Waals surface area contributed by atoms with Crippen molar-refractivity contribution in [3.05, 3.63) is 70.6 Å². The Kier molecular flexibility index (Phi) is 4.91. The Morgan fingerprint density at radius 2 is 1.70 bits per heavy atom. The van der Waals surface area contributed by atoms with Crippen LogP contribution in [0.5, 0.6) is 0 Å². The van der Waals surface area contributed by atoms with E-state index in [2.05, 4.69) is 24.3 Å². The van der Waals surface area contributed by atoms with Crippen LogP contribution in [0.2, 0.25) is 0 Å². The Morgan fingerprint density at radius 3 is 2.39 bits per heavy atom. The van der Waals surface area contributed by atoms with Gasteiger partial charge in [0.1, 0.15) is 6.10 Å². The molecule has 1 fully saturated rings. The number of ether oxygens (including phenoxy) is 1. The average molecular weight is 311 g/mol. The molecule has 0 aliphatic heterocycles. The molecule has 1 heterocycles. The summed E-state index contributed by atoms with van der Waals surface area (Å²) < 4.78 is 6.50. The summed E-state index contributed by atoms with van der Waals surface area (Å²) in [6.07, 6.45) is 5.72. The monoisotopic (exact) mass is 311 g/mol. The minimum atomic E-state index is -0.567. The van der Waals surface area contributed by atoms with Crippen molar-refractivity contribution in [2.24, 2.45) is 5.92 Å². The topological polar surface area (TPSA) is 48.3 Å². The van der Waals surface area contributed by atoms with Gasteiger partial charge in [-0.25, -0.2) is 9.36 Å². The first-order chi connectivity index (χ1) is 11.2. The molecule has 0 radical (unpaired) electrons. The largest absolute Gasteiger partial charge is 0.446 e. The number of hydrogen-bond acceptors (Lipinski definition) is 3. The van der Waals surface area contributed by atoms with Gasteiger partial charge in [-0.1, -0.05) is 36.4 Å². The van der Waals surface area contributed by atoms with Gasteiger partial charge in [0.15, 0.2) is 0 Å². The number of carbonyl (C=O) groups excluding carboxylic acids is 1. The highest BCUT2D eigenvalue weighted by Gasteiger charge is 2.24. The molecule has 1 saturated carbocycles. The molecule has 0 saturated heterocycles. The van der Waals surface area contributed by atoms with Crippen LogP contribution in [0.3, 0.4) is 0 Å². The van der Waals surface area contributed by atoms with Crippen molar-refractivity contribution in [3.8, 4) is 0 Å². The molecule has 1 aromatic carbocycles. The lowest BCUT2D eigenvalue weighted by Gasteiger charge is -2.28. The lowest BCUT2D eigenvalue weighted by atomic mass is 9.83. The predicted molar refractivity (Wildman–Crippen MR) is 88.5 cm³/mol. The Morgan fingerprint density at radius 1 is 1.00 bits per heavy atom. The van der Waals surface area contributed by atoms with Crippen LogP contribution in [-0.2, 0) is 11.2 Å². The second-order valence-corrected chi connectivity index (χ2v) is 6.13. The molecule has 3 rings (SSSR count). The average Bonchev–Trinajstić information content (AvgIpc) is 2.58. The van der Waals surface area contributed by atoms with Crippen molar-refractivity contribution in [2.45, 2.75) is 38.2 Å². The number of nitrogens with zero attached hydrogens (tertiary/aromatic N) is 1. The molecule has 0 N–H and O–H groups in total. The van der Waals surface area contributed by atoms with E-state index in [1.165, 1.54) is 17.8 Å². The lowest BCUT2D eigenvalue weighted by Crippen LogP contribution is -2.32. The fourth-order valence-electron chi connectivity index (χ4n) is 3.18. The summed E-state index contributed by atoms with van der Waals surface area (Å²) in [5, 5.41) is 0. The zero-order chi connectivity index (χ0) is 16.1. The van der Waals surface area contributed by atoms with Crippen LogP contribution in [0.1, 0.15) is 31.2 Å². The number of aromatic nitrogens is 1. The maximum atomic E-state index is 12.0. The highest BCUT2D eigenvalue weighted by molar-refractivity contribution is 5.70. The van der Waals surface area contributed by atoms with E-state index >= 15 is 0 Å². The minimum absolute atomic E-state index is 0.0818. The smallest absolute Gasteiger partial charge is 0.421 e. The van der Waals surface area contributed by atoms with Gasteiger partial charge in [0.2, 0.25) is 0 Å². The molecule has 2 aromatic rings. The molecule has 0 spiro atoms. The van der Waals surface area contributed by atoms with E-state index in [-0.39, 0.29) is 11.7 Å². The van der Waals surface area contributed by atoms with Crippen molar-refractivity contribution in [1.29, 1.82) is 0 Å². The molecule has 4 heteroatoms. The summed E-state index contributed by atoms with van der Waals surface area (Å²) in [5.41, 5.74) is 1.01. The highest BCUT2D eigenvalue weighted by Crippen LogP contribution is 2.29. The number of pyridine rings is 1.